The molecule has 1 unspecified atom stereocenters. The van der Waals surface area contributed by atoms with Crippen molar-refractivity contribution in [3.63, 3.8) is 0 Å². The van der Waals surface area contributed by atoms with Gasteiger partial charge in [0.15, 0.2) is 0 Å². The van der Waals surface area contributed by atoms with Gasteiger partial charge < -0.3 is 0 Å². The average Bonchev–Trinajstić information content (AvgIpc) is 2.14. The normalized spacial score (nSPS) is 15.6. The van der Waals surface area contributed by atoms with Gasteiger partial charge in [0.25, 0.3) is 0 Å². The highest BCUT2D eigenvalue weighted by Gasteiger charge is 2.18. The average molecular weight is 191 g/mol. The van der Waals surface area contributed by atoms with E-state index in [0.29, 0.717) is 0 Å². The maximum atomic E-state index is 9.12. The first-order valence-electron chi connectivity index (χ1n) is 5.16. The lowest BCUT2D eigenvalue weighted by Gasteiger charge is -2.16. The first-order valence-corrected chi connectivity index (χ1v) is 5.16. The Bertz CT molecular complexity index is 274. The van der Waals surface area contributed by atoms with Crippen molar-refractivity contribution in [2.24, 2.45) is 5.41 Å². The van der Waals surface area contributed by atoms with Crippen molar-refractivity contribution in [2.45, 2.75) is 47.5 Å². The smallest absolute Gasteiger partial charge is 0.0762 e. The van der Waals surface area contributed by atoms with Crippen LogP contribution in [0.5, 0.6) is 0 Å². The molecule has 0 aromatic carbocycles. The van der Waals surface area contributed by atoms with Crippen molar-refractivity contribution in [2.75, 3.05) is 0 Å². The third-order valence-corrected chi connectivity index (χ3v) is 2.31. The van der Waals surface area contributed by atoms with E-state index in [-0.39, 0.29) is 5.41 Å². The first kappa shape index (κ1) is 13.0. The van der Waals surface area contributed by atoms with E-state index < -0.39 is 0 Å². The van der Waals surface area contributed by atoms with E-state index in [1.807, 2.05) is 6.92 Å². The number of hydrogen-bond donors (Lipinski definition) is 0. The summed E-state index contributed by atoms with van der Waals surface area (Å²) in [7, 11) is 0. The van der Waals surface area contributed by atoms with Crippen LogP contribution in [0.25, 0.3) is 0 Å². The second-order valence-electron chi connectivity index (χ2n) is 4.36. The summed E-state index contributed by atoms with van der Waals surface area (Å²) in [6, 6.07) is 2.38. The lowest BCUT2D eigenvalue weighted by Crippen LogP contribution is -2.09. The molecule has 0 saturated carbocycles. The molecule has 0 aliphatic heterocycles. The van der Waals surface area contributed by atoms with E-state index in [9.17, 15) is 0 Å². The molecule has 0 rings (SSSR count). The maximum Gasteiger partial charge on any atom is 0.0762 e. The fourth-order valence-corrected chi connectivity index (χ4v) is 1.20. The van der Waals surface area contributed by atoms with E-state index in [1.54, 1.807) is 0 Å². The largest absolute Gasteiger partial charge is 0.197 e. The fraction of sp³-hybridized carbons (Fsp3) is 0.615. The van der Waals surface area contributed by atoms with Crippen LogP contribution in [0, 0.1) is 16.7 Å². The summed E-state index contributed by atoms with van der Waals surface area (Å²) in [6.07, 6.45) is 6.05. The minimum atomic E-state index is -0.336. The Morgan fingerprint density at radius 2 is 1.93 bits per heavy atom. The highest BCUT2D eigenvalue weighted by molar-refractivity contribution is 5.17. The first-order chi connectivity index (χ1) is 6.43. The number of allylic oxidation sites excluding steroid dienone is 4. The Morgan fingerprint density at radius 3 is 2.29 bits per heavy atom. The molecule has 1 heteroatoms. The molecule has 1 atom stereocenters. The van der Waals surface area contributed by atoms with E-state index in [1.165, 1.54) is 11.1 Å². The molecule has 1 nitrogen and oxygen atoms in total. The van der Waals surface area contributed by atoms with Gasteiger partial charge in [-0.1, -0.05) is 30.2 Å². The molecule has 0 saturated heterocycles. The van der Waals surface area contributed by atoms with Crippen LogP contribution in [-0.4, -0.2) is 0 Å². The van der Waals surface area contributed by atoms with Gasteiger partial charge in [-0.05, 0) is 40.5 Å². The molecule has 0 amide bonds. The minimum absolute atomic E-state index is 0.336. The van der Waals surface area contributed by atoms with Crippen LogP contribution in [0.1, 0.15) is 47.5 Å². The zero-order valence-corrected chi connectivity index (χ0v) is 10.0. The molecule has 0 aliphatic rings. The molecular formula is C13H21N. The summed E-state index contributed by atoms with van der Waals surface area (Å²) in [4.78, 5) is 0. The van der Waals surface area contributed by atoms with Gasteiger partial charge in [0.05, 0.1) is 11.5 Å². The van der Waals surface area contributed by atoms with Gasteiger partial charge in [-0.2, -0.15) is 5.26 Å². The maximum absolute atomic E-state index is 9.12. The van der Waals surface area contributed by atoms with Crippen molar-refractivity contribution in [1.29, 1.82) is 5.26 Å². The molecule has 0 bridgehead atoms. The Morgan fingerprint density at radius 1 is 1.36 bits per heavy atom. The highest BCUT2D eigenvalue weighted by Crippen LogP contribution is 2.25. The van der Waals surface area contributed by atoms with Crippen LogP contribution < -0.4 is 0 Å². The van der Waals surface area contributed by atoms with Crippen molar-refractivity contribution in [3.05, 3.63) is 23.3 Å². The van der Waals surface area contributed by atoms with Gasteiger partial charge in [-0.25, -0.2) is 0 Å². The van der Waals surface area contributed by atoms with Crippen molar-refractivity contribution < 1.29 is 0 Å². The number of nitrogens with zero attached hydrogens (tertiary/aromatic N) is 1. The zero-order valence-electron chi connectivity index (χ0n) is 10.0. The molecule has 0 aromatic rings. The molecular weight excluding hydrogens is 170 g/mol. The Hall–Kier alpha value is -1.03. The zero-order chi connectivity index (χ0) is 11.2. The summed E-state index contributed by atoms with van der Waals surface area (Å²) in [5, 5.41) is 9.12. The van der Waals surface area contributed by atoms with Crippen LogP contribution in [0.15, 0.2) is 23.3 Å². The van der Waals surface area contributed by atoms with Crippen LogP contribution in [0.4, 0.5) is 0 Å². The quantitative estimate of drug-likeness (QED) is 0.610. The fourth-order valence-electron chi connectivity index (χ4n) is 1.20. The second-order valence-corrected chi connectivity index (χ2v) is 4.36. The second kappa shape index (κ2) is 5.65. The number of rotatable bonds is 4. The van der Waals surface area contributed by atoms with Gasteiger partial charge in [-0.3, -0.25) is 0 Å². The SMILES string of the molecule is CCC(C)=CC(C)(C#N)CC=C(C)C. The predicted octanol–water partition coefficient (Wildman–Crippen LogP) is 4.23. The monoisotopic (exact) mass is 191 g/mol. The predicted molar refractivity (Wildman–Crippen MR) is 61.8 cm³/mol. The molecule has 0 radical (unpaired) electrons. The van der Waals surface area contributed by atoms with Crippen LogP contribution >= 0.6 is 0 Å². The topological polar surface area (TPSA) is 23.8 Å². The van der Waals surface area contributed by atoms with Gasteiger partial charge in [-0.15, -0.1) is 0 Å². The molecule has 0 fully saturated rings. The summed E-state index contributed by atoms with van der Waals surface area (Å²) < 4.78 is 0. The molecule has 14 heavy (non-hydrogen) atoms. The molecule has 78 valence electrons. The van der Waals surface area contributed by atoms with E-state index in [2.05, 4.69) is 45.9 Å². The van der Waals surface area contributed by atoms with Crippen LogP contribution in [0.2, 0.25) is 0 Å². The van der Waals surface area contributed by atoms with E-state index in [4.69, 9.17) is 5.26 Å². The Labute approximate surface area is 88.1 Å². The molecule has 0 heterocycles. The van der Waals surface area contributed by atoms with Crippen LogP contribution in [-0.2, 0) is 0 Å². The van der Waals surface area contributed by atoms with Gasteiger partial charge in [0.1, 0.15) is 0 Å². The molecule has 0 aromatic heterocycles. The van der Waals surface area contributed by atoms with Crippen LogP contribution in [0.3, 0.4) is 0 Å². The minimum Gasteiger partial charge on any atom is -0.197 e. The van der Waals surface area contributed by atoms with E-state index in [0.717, 1.165) is 12.8 Å². The number of nitriles is 1. The third kappa shape index (κ3) is 4.87. The summed E-state index contributed by atoms with van der Waals surface area (Å²) in [6.45, 7) is 10.3. The Balaban J connectivity index is 4.67. The molecule has 0 N–H and O–H groups in total. The van der Waals surface area contributed by atoms with Gasteiger partial charge in [0.2, 0.25) is 0 Å². The van der Waals surface area contributed by atoms with Crippen molar-refractivity contribution in [1.82, 2.24) is 0 Å². The standard InChI is InChI=1S/C13H21N/c1-6-12(4)9-13(5,10-14)8-7-11(2)3/h7,9H,6,8H2,1-5H3. The lowest BCUT2D eigenvalue weighted by atomic mass is 9.85. The summed E-state index contributed by atoms with van der Waals surface area (Å²) >= 11 is 0. The van der Waals surface area contributed by atoms with Gasteiger partial charge >= 0.3 is 0 Å². The Kier molecular flexibility index (Phi) is 5.23. The van der Waals surface area contributed by atoms with Crippen molar-refractivity contribution in [3.8, 4) is 6.07 Å². The lowest BCUT2D eigenvalue weighted by molar-refractivity contribution is 0.570. The molecule has 0 spiro atoms. The van der Waals surface area contributed by atoms with Gasteiger partial charge in [0, 0.05) is 0 Å². The molecule has 0 aliphatic carbocycles. The highest BCUT2D eigenvalue weighted by atomic mass is 14.3. The number of hydrogen-bond acceptors (Lipinski definition) is 1. The third-order valence-electron chi connectivity index (χ3n) is 2.31. The van der Waals surface area contributed by atoms with Crippen molar-refractivity contribution >= 4 is 0 Å². The van der Waals surface area contributed by atoms with E-state index >= 15 is 0 Å². The summed E-state index contributed by atoms with van der Waals surface area (Å²) in [5.41, 5.74) is 2.22. The summed E-state index contributed by atoms with van der Waals surface area (Å²) in [5.74, 6) is 0.